The quantitative estimate of drug-likeness (QED) is 0.541. The molecule has 0 N–H and O–H groups in total. The minimum Gasteiger partial charge on any atom is -0.348 e. The summed E-state index contributed by atoms with van der Waals surface area (Å²) in [4.78, 5) is 12.0. The number of nitrogens with zero attached hydrogens (tertiary/aromatic N) is 2. The Morgan fingerprint density at radius 1 is 1.29 bits per heavy atom. The van der Waals surface area contributed by atoms with Crippen LogP contribution in [0, 0.1) is 17.0 Å². The molecule has 3 aromatic rings. The number of hydrogen-bond acceptors (Lipinski definition) is 3. The lowest BCUT2D eigenvalue weighted by atomic mass is 9.94. The van der Waals surface area contributed by atoms with E-state index in [-0.39, 0.29) is 17.4 Å². The highest BCUT2D eigenvalue weighted by Crippen LogP contribution is 2.36. The first-order valence-corrected chi connectivity index (χ1v) is 7.66. The summed E-state index contributed by atoms with van der Waals surface area (Å²) in [6, 6.07) is 12.0. The monoisotopic (exact) mass is 300 g/mol. The summed E-state index contributed by atoms with van der Waals surface area (Å²) in [6.45, 7) is 1.96. The third-order valence-electron chi connectivity index (χ3n) is 4.02. The van der Waals surface area contributed by atoms with Crippen molar-refractivity contribution < 1.29 is 4.92 Å². The highest BCUT2D eigenvalue weighted by atomic mass is 32.1. The molecule has 0 saturated carbocycles. The maximum Gasteiger partial charge on any atom is 0.215 e. The Morgan fingerprint density at radius 2 is 2.05 bits per heavy atom. The molecule has 0 bridgehead atoms. The molecule has 0 aliphatic carbocycles. The van der Waals surface area contributed by atoms with Crippen molar-refractivity contribution in [1.82, 2.24) is 4.57 Å². The molecule has 0 aliphatic heterocycles. The minimum absolute atomic E-state index is 0.0740. The van der Waals surface area contributed by atoms with Gasteiger partial charge in [-0.3, -0.25) is 10.1 Å². The normalized spacial score (nSPS) is 12.7. The van der Waals surface area contributed by atoms with Crippen molar-refractivity contribution in [3.63, 3.8) is 0 Å². The fourth-order valence-electron chi connectivity index (χ4n) is 2.95. The molecule has 108 valence electrons. The van der Waals surface area contributed by atoms with Crippen LogP contribution in [0.4, 0.5) is 0 Å². The predicted octanol–water partition coefficient (Wildman–Crippen LogP) is 3.96. The summed E-state index contributed by atoms with van der Waals surface area (Å²) in [5, 5.41) is 14.2. The molecule has 0 saturated heterocycles. The van der Waals surface area contributed by atoms with Crippen molar-refractivity contribution in [3.8, 4) is 0 Å². The van der Waals surface area contributed by atoms with Crippen LogP contribution in [-0.4, -0.2) is 16.0 Å². The molecular weight excluding hydrogens is 284 g/mol. The van der Waals surface area contributed by atoms with Gasteiger partial charge < -0.3 is 4.57 Å². The molecule has 0 spiro atoms. The lowest BCUT2D eigenvalue weighted by Crippen LogP contribution is -2.14. The smallest absolute Gasteiger partial charge is 0.215 e. The third-order valence-corrected chi connectivity index (χ3v) is 5.00. The first kappa shape index (κ1) is 13.8. The summed E-state index contributed by atoms with van der Waals surface area (Å²) >= 11 is 1.58. The zero-order valence-corrected chi connectivity index (χ0v) is 12.8. The van der Waals surface area contributed by atoms with E-state index in [0.29, 0.717) is 0 Å². The molecule has 0 amide bonds. The topological polar surface area (TPSA) is 48.1 Å². The van der Waals surface area contributed by atoms with E-state index in [2.05, 4.69) is 16.7 Å². The number of hydrogen-bond donors (Lipinski definition) is 0. The number of fused-ring (bicyclic) bond motifs is 1. The molecule has 2 aromatic heterocycles. The van der Waals surface area contributed by atoms with Crippen LogP contribution in [0.2, 0.25) is 0 Å². The molecule has 1 aromatic carbocycles. The third kappa shape index (κ3) is 2.34. The predicted molar refractivity (Wildman–Crippen MR) is 85.7 cm³/mol. The second-order valence-electron chi connectivity index (χ2n) is 5.16. The van der Waals surface area contributed by atoms with Crippen molar-refractivity contribution in [2.75, 3.05) is 6.54 Å². The van der Waals surface area contributed by atoms with E-state index in [4.69, 9.17) is 0 Å². The maximum absolute atomic E-state index is 11.1. The van der Waals surface area contributed by atoms with Gasteiger partial charge in [0.2, 0.25) is 6.54 Å². The zero-order valence-electron chi connectivity index (χ0n) is 11.9. The summed E-state index contributed by atoms with van der Waals surface area (Å²) < 4.78 is 2.12. The number of thiophene rings is 1. The van der Waals surface area contributed by atoms with Gasteiger partial charge >= 0.3 is 0 Å². The van der Waals surface area contributed by atoms with Gasteiger partial charge in [-0.15, -0.1) is 11.3 Å². The number of aryl methyl sites for hydroxylation is 1. The highest BCUT2D eigenvalue weighted by Gasteiger charge is 2.27. The second kappa shape index (κ2) is 5.33. The molecule has 1 unspecified atom stereocenters. The van der Waals surface area contributed by atoms with Crippen LogP contribution in [0.15, 0.2) is 41.8 Å². The van der Waals surface area contributed by atoms with Crippen LogP contribution in [0.3, 0.4) is 0 Å². The van der Waals surface area contributed by atoms with Gasteiger partial charge in [-0.1, -0.05) is 24.3 Å². The minimum atomic E-state index is -0.217. The number of benzene rings is 1. The molecule has 0 radical (unpaired) electrons. The second-order valence-corrected chi connectivity index (χ2v) is 6.14. The Labute approximate surface area is 126 Å². The fourth-order valence-corrected chi connectivity index (χ4v) is 3.78. The Hall–Kier alpha value is -2.14. The number of rotatable bonds is 4. The van der Waals surface area contributed by atoms with E-state index < -0.39 is 0 Å². The molecule has 2 heterocycles. The molecule has 5 heteroatoms. The molecule has 0 fully saturated rings. The van der Waals surface area contributed by atoms with Crippen LogP contribution in [-0.2, 0) is 7.05 Å². The molecule has 1 atom stereocenters. The first-order valence-electron chi connectivity index (χ1n) is 6.78. The average Bonchev–Trinajstić information content (AvgIpc) is 3.06. The van der Waals surface area contributed by atoms with E-state index >= 15 is 0 Å². The molecular formula is C16H16N2O2S. The molecule has 0 aliphatic rings. The summed E-state index contributed by atoms with van der Waals surface area (Å²) in [6.07, 6.45) is 0. The Bertz CT molecular complexity index is 790. The molecule has 3 rings (SSSR count). The Kier molecular flexibility index (Phi) is 3.51. The summed E-state index contributed by atoms with van der Waals surface area (Å²) in [7, 11) is 2.01. The number of aromatic nitrogens is 1. The van der Waals surface area contributed by atoms with Crippen molar-refractivity contribution in [1.29, 1.82) is 0 Å². The van der Waals surface area contributed by atoms with Gasteiger partial charge in [0.15, 0.2) is 0 Å². The van der Waals surface area contributed by atoms with Crippen molar-refractivity contribution in [2.24, 2.45) is 7.05 Å². The van der Waals surface area contributed by atoms with Gasteiger partial charge in [0, 0.05) is 33.4 Å². The standard InChI is InChI=1S/C16H16N2O2S/c1-11-16(12-6-3-4-7-14(12)17(11)2)13(10-18(19)20)15-8-5-9-21-15/h3-9,13H,10H2,1-2H3. The van der Waals surface area contributed by atoms with Gasteiger partial charge in [-0.25, -0.2) is 0 Å². The maximum atomic E-state index is 11.1. The Balaban J connectivity index is 2.24. The van der Waals surface area contributed by atoms with E-state index in [1.165, 1.54) is 0 Å². The largest absolute Gasteiger partial charge is 0.348 e. The fraction of sp³-hybridized carbons (Fsp3) is 0.250. The van der Waals surface area contributed by atoms with Crippen LogP contribution in [0.5, 0.6) is 0 Å². The van der Waals surface area contributed by atoms with Crippen LogP contribution in [0.25, 0.3) is 10.9 Å². The van der Waals surface area contributed by atoms with Gasteiger partial charge in [0.1, 0.15) is 0 Å². The zero-order chi connectivity index (χ0) is 15.0. The van der Waals surface area contributed by atoms with Crippen molar-refractivity contribution in [3.05, 3.63) is 68.0 Å². The number of nitro groups is 1. The lowest BCUT2D eigenvalue weighted by Gasteiger charge is -2.12. The average molecular weight is 300 g/mol. The van der Waals surface area contributed by atoms with Crippen molar-refractivity contribution >= 4 is 22.2 Å². The SMILES string of the molecule is Cc1c(C(C[N+](=O)[O-])c2cccs2)c2ccccc2n1C. The van der Waals surface area contributed by atoms with E-state index in [0.717, 1.165) is 27.0 Å². The van der Waals surface area contributed by atoms with Gasteiger partial charge in [-0.05, 0) is 30.0 Å². The van der Waals surface area contributed by atoms with Crippen LogP contribution in [0.1, 0.15) is 22.1 Å². The van der Waals surface area contributed by atoms with Crippen molar-refractivity contribution in [2.45, 2.75) is 12.8 Å². The van der Waals surface area contributed by atoms with Crippen LogP contribution >= 0.6 is 11.3 Å². The summed E-state index contributed by atoms with van der Waals surface area (Å²) in [5.74, 6) is -0.189. The van der Waals surface area contributed by atoms with E-state index in [1.54, 1.807) is 11.3 Å². The highest BCUT2D eigenvalue weighted by molar-refractivity contribution is 7.10. The summed E-state index contributed by atoms with van der Waals surface area (Å²) in [5.41, 5.74) is 3.29. The molecule has 21 heavy (non-hydrogen) atoms. The number of para-hydroxylation sites is 1. The van der Waals surface area contributed by atoms with E-state index in [1.807, 2.05) is 43.6 Å². The van der Waals surface area contributed by atoms with Gasteiger partial charge in [0.05, 0.1) is 5.92 Å². The lowest BCUT2D eigenvalue weighted by molar-refractivity contribution is -0.481. The molecule has 4 nitrogen and oxygen atoms in total. The van der Waals surface area contributed by atoms with Crippen LogP contribution < -0.4 is 0 Å². The van der Waals surface area contributed by atoms with E-state index in [9.17, 15) is 10.1 Å². The van der Waals surface area contributed by atoms with Gasteiger partial charge in [0.25, 0.3) is 0 Å². The van der Waals surface area contributed by atoms with Gasteiger partial charge in [-0.2, -0.15) is 0 Å². The first-order chi connectivity index (χ1) is 10.1. The Morgan fingerprint density at radius 3 is 2.71 bits per heavy atom.